The summed E-state index contributed by atoms with van der Waals surface area (Å²) in [7, 11) is 0. The van der Waals surface area contributed by atoms with Crippen LogP contribution < -0.4 is 0 Å². The highest BCUT2D eigenvalue weighted by molar-refractivity contribution is 7.99. The number of aromatic nitrogens is 1. The second kappa shape index (κ2) is 7.88. The molecule has 3 heteroatoms. The Hall–Kier alpha value is -1.35. The predicted octanol–water partition coefficient (Wildman–Crippen LogP) is 3.80. The number of pyridine rings is 1. The molecule has 0 spiro atoms. The predicted molar refractivity (Wildman–Crippen MR) is 78.6 cm³/mol. The lowest BCUT2D eigenvalue weighted by Gasteiger charge is -2.05. The molecule has 0 saturated heterocycles. The molecule has 18 heavy (non-hydrogen) atoms. The van der Waals surface area contributed by atoms with E-state index < -0.39 is 0 Å². The van der Waals surface area contributed by atoms with Crippen molar-refractivity contribution in [3.05, 3.63) is 53.9 Å². The van der Waals surface area contributed by atoms with E-state index in [0.29, 0.717) is 11.3 Å². The van der Waals surface area contributed by atoms with Gasteiger partial charge in [0, 0.05) is 23.7 Å². The first kappa shape index (κ1) is 14.7. The molecule has 0 aliphatic heterocycles. The zero-order chi connectivity index (χ0) is 13.4. The molecule has 0 amide bonds. The maximum absolute atomic E-state index is 11.9. The summed E-state index contributed by atoms with van der Waals surface area (Å²) in [6.07, 6.45) is 6.51. The van der Waals surface area contributed by atoms with E-state index in [2.05, 4.69) is 18.5 Å². The Morgan fingerprint density at radius 1 is 1.44 bits per heavy atom. The molecule has 0 radical (unpaired) electrons. The molecule has 0 aromatic carbocycles. The van der Waals surface area contributed by atoms with E-state index in [1.54, 1.807) is 24.2 Å². The Balaban J connectivity index is 2.38. The molecule has 96 valence electrons. The number of ketones is 1. The summed E-state index contributed by atoms with van der Waals surface area (Å²) in [5.74, 6) is 1.44. The fourth-order valence-electron chi connectivity index (χ4n) is 1.48. The van der Waals surface area contributed by atoms with Crippen LogP contribution in [0.15, 0.2) is 48.3 Å². The fraction of sp³-hybridized carbons (Fsp3) is 0.333. The lowest BCUT2D eigenvalue weighted by molar-refractivity contribution is -0.113. The van der Waals surface area contributed by atoms with E-state index in [9.17, 15) is 4.79 Å². The summed E-state index contributed by atoms with van der Waals surface area (Å²) in [4.78, 5) is 15.8. The fourth-order valence-corrected chi connectivity index (χ4v) is 2.37. The molecule has 1 aromatic rings. The largest absolute Gasteiger partial charge is 0.293 e. The number of carbonyl (C=O) groups is 1. The number of rotatable bonds is 7. The van der Waals surface area contributed by atoms with Gasteiger partial charge in [-0.15, -0.1) is 11.8 Å². The summed E-state index contributed by atoms with van der Waals surface area (Å²) >= 11 is 1.61. The van der Waals surface area contributed by atoms with Crippen molar-refractivity contribution in [1.29, 1.82) is 0 Å². The van der Waals surface area contributed by atoms with Gasteiger partial charge in [0.2, 0.25) is 0 Å². The Morgan fingerprint density at radius 3 is 2.72 bits per heavy atom. The first-order chi connectivity index (χ1) is 8.65. The van der Waals surface area contributed by atoms with Crippen LogP contribution in [0.2, 0.25) is 0 Å². The Labute approximate surface area is 113 Å². The van der Waals surface area contributed by atoms with Gasteiger partial charge in [0.15, 0.2) is 5.78 Å². The quantitative estimate of drug-likeness (QED) is 0.552. The van der Waals surface area contributed by atoms with E-state index in [-0.39, 0.29) is 5.78 Å². The van der Waals surface area contributed by atoms with Crippen LogP contribution in [-0.2, 0) is 10.5 Å². The molecule has 0 aliphatic carbocycles. The maximum Gasteiger partial charge on any atom is 0.172 e. The molecular formula is C15H19NOS. The first-order valence-electron chi connectivity index (χ1n) is 6.01. The van der Waals surface area contributed by atoms with Gasteiger partial charge >= 0.3 is 0 Å². The molecule has 0 aliphatic rings. The molecule has 0 N–H and O–H groups in total. The number of Topliss-reactive ketones (excluding diaryl/α,β-unsaturated/α-hetero) is 1. The van der Waals surface area contributed by atoms with Crippen LogP contribution in [0, 0.1) is 0 Å². The van der Waals surface area contributed by atoms with Crippen molar-refractivity contribution in [2.45, 2.75) is 26.0 Å². The third kappa shape index (κ3) is 4.88. The Bertz CT molecular complexity index is 437. The van der Waals surface area contributed by atoms with Crippen molar-refractivity contribution in [2.75, 3.05) is 5.75 Å². The molecule has 2 nitrogen and oxygen atoms in total. The lowest BCUT2D eigenvalue weighted by atomic mass is 10.1. The van der Waals surface area contributed by atoms with Crippen LogP contribution in [0.25, 0.3) is 0 Å². The number of carbonyl (C=O) groups excluding carboxylic acids is 1. The Kier molecular flexibility index (Phi) is 6.44. The van der Waals surface area contributed by atoms with Crippen molar-refractivity contribution in [1.82, 2.24) is 4.98 Å². The maximum atomic E-state index is 11.9. The number of thioether (sulfide) groups is 1. The summed E-state index contributed by atoms with van der Waals surface area (Å²) < 4.78 is 0. The van der Waals surface area contributed by atoms with Crippen molar-refractivity contribution >= 4 is 17.5 Å². The van der Waals surface area contributed by atoms with Crippen LogP contribution in [0.1, 0.15) is 25.8 Å². The summed E-state index contributed by atoms with van der Waals surface area (Å²) in [6.45, 7) is 7.85. The van der Waals surface area contributed by atoms with E-state index in [4.69, 9.17) is 0 Å². The first-order valence-corrected chi connectivity index (χ1v) is 7.16. The highest BCUT2D eigenvalue weighted by Crippen LogP contribution is 2.15. The third-order valence-corrected chi connectivity index (χ3v) is 3.58. The monoisotopic (exact) mass is 261 g/mol. The molecule has 0 fully saturated rings. The second-order valence-electron chi connectivity index (χ2n) is 4.05. The number of nitrogens with zero attached hydrogens (tertiary/aromatic N) is 1. The van der Waals surface area contributed by atoms with Crippen LogP contribution in [0.5, 0.6) is 0 Å². The zero-order valence-electron chi connectivity index (χ0n) is 11.0. The van der Waals surface area contributed by atoms with Gasteiger partial charge in [-0.1, -0.05) is 19.6 Å². The van der Waals surface area contributed by atoms with Gasteiger partial charge in [0.05, 0.1) is 5.75 Å². The Morgan fingerprint density at radius 2 is 2.11 bits per heavy atom. The minimum absolute atomic E-state index is 0.122. The van der Waals surface area contributed by atoms with Gasteiger partial charge in [-0.05, 0) is 36.6 Å². The van der Waals surface area contributed by atoms with Crippen LogP contribution in [0.3, 0.4) is 0 Å². The number of allylic oxidation sites excluding steroid dienone is 3. The van der Waals surface area contributed by atoms with Crippen molar-refractivity contribution in [2.24, 2.45) is 0 Å². The van der Waals surface area contributed by atoms with Crippen LogP contribution in [0.4, 0.5) is 0 Å². The van der Waals surface area contributed by atoms with E-state index in [1.165, 1.54) is 5.56 Å². The highest BCUT2D eigenvalue weighted by Gasteiger charge is 2.08. The molecule has 0 unspecified atom stereocenters. The highest BCUT2D eigenvalue weighted by atomic mass is 32.2. The molecule has 0 atom stereocenters. The second-order valence-corrected chi connectivity index (χ2v) is 5.03. The molecule has 0 saturated carbocycles. The molecule has 1 aromatic heterocycles. The smallest absolute Gasteiger partial charge is 0.172 e. The van der Waals surface area contributed by atoms with Crippen molar-refractivity contribution in [3.8, 4) is 0 Å². The van der Waals surface area contributed by atoms with E-state index in [0.717, 1.165) is 17.7 Å². The summed E-state index contributed by atoms with van der Waals surface area (Å²) in [5.41, 5.74) is 2.82. The minimum Gasteiger partial charge on any atom is -0.293 e. The van der Waals surface area contributed by atoms with Gasteiger partial charge in [0.25, 0.3) is 0 Å². The molecular weight excluding hydrogens is 242 g/mol. The van der Waals surface area contributed by atoms with Crippen LogP contribution >= 0.6 is 11.8 Å². The zero-order valence-corrected chi connectivity index (χ0v) is 11.8. The normalized spacial score (nSPS) is 11.3. The van der Waals surface area contributed by atoms with Crippen LogP contribution in [-0.4, -0.2) is 16.5 Å². The van der Waals surface area contributed by atoms with Gasteiger partial charge in [-0.25, -0.2) is 0 Å². The molecule has 1 rings (SSSR count). The average molecular weight is 261 g/mol. The molecule has 1 heterocycles. The SMILES string of the molecule is C=C(C(=O)CSCc1ccncc1)/C(C)=C\CC. The van der Waals surface area contributed by atoms with Gasteiger partial charge < -0.3 is 0 Å². The van der Waals surface area contributed by atoms with Gasteiger partial charge in [-0.3, -0.25) is 9.78 Å². The average Bonchev–Trinajstić information content (AvgIpc) is 2.39. The minimum atomic E-state index is 0.122. The van der Waals surface area contributed by atoms with Crippen molar-refractivity contribution < 1.29 is 4.79 Å². The van der Waals surface area contributed by atoms with Gasteiger partial charge in [0.1, 0.15) is 0 Å². The molecule has 0 bridgehead atoms. The van der Waals surface area contributed by atoms with Gasteiger partial charge in [-0.2, -0.15) is 0 Å². The standard InChI is InChI=1S/C15H19NOS/c1-4-5-12(2)13(3)15(17)11-18-10-14-6-8-16-9-7-14/h5-9H,3-4,10-11H2,1-2H3/b12-5-. The lowest BCUT2D eigenvalue weighted by Crippen LogP contribution is -2.06. The summed E-state index contributed by atoms with van der Waals surface area (Å²) in [6, 6.07) is 3.93. The van der Waals surface area contributed by atoms with E-state index in [1.807, 2.05) is 25.1 Å². The van der Waals surface area contributed by atoms with Crippen molar-refractivity contribution in [3.63, 3.8) is 0 Å². The topological polar surface area (TPSA) is 30.0 Å². The number of hydrogen-bond donors (Lipinski definition) is 0. The number of hydrogen-bond acceptors (Lipinski definition) is 3. The third-order valence-electron chi connectivity index (χ3n) is 2.57. The summed E-state index contributed by atoms with van der Waals surface area (Å²) in [5, 5.41) is 0. The van der Waals surface area contributed by atoms with E-state index >= 15 is 0 Å².